The first-order valence-corrected chi connectivity index (χ1v) is 2.21. The third-order valence-electron chi connectivity index (χ3n) is 1.14. The van der Waals surface area contributed by atoms with Crippen molar-refractivity contribution in [2.24, 2.45) is 0 Å². The lowest BCUT2D eigenvalue weighted by molar-refractivity contribution is 1.60. The molecule has 1 heterocycles. The molecule has 0 spiro atoms. The summed E-state index contributed by atoms with van der Waals surface area (Å²) in [5, 5.41) is 0. The normalized spacial score (nSPS) is 20.6. The monoisotopic (exact) mass is 65.1 g/mol. The lowest BCUT2D eigenvalue weighted by atomic mass is 9.19. The zero-order valence-electron chi connectivity index (χ0n) is 3.57. The molecule has 1 fully saturated rings. The van der Waals surface area contributed by atoms with E-state index in [0.29, 0.717) is 0 Å². The summed E-state index contributed by atoms with van der Waals surface area (Å²) in [5.41, 5.74) is 0. The molecular formula is C3H7B2. The van der Waals surface area contributed by atoms with Crippen LogP contribution in [0, 0.1) is 0 Å². The summed E-state index contributed by atoms with van der Waals surface area (Å²) in [6.45, 7) is 3.29. The van der Waals surface area contributed by atoms with Gasteiger partial charge in [-0.25, -0.2) is 0 Å². The van der Waals surface area contributed by atoms with Gasteiger partial charge in [0.2, 0.25) is 0 Å². The second kappa shape index (κ2) is 1.08. The first-order valence-electron chi connectivity index (χ1n) is 2.21. The zero-order valence-corrected chi connectivity index (χ0v) is 3.57. The van der Waals surface area contributed by atoms with Gasteiger partial charge in [-0.3, -0.25) is 0 Å². The summed E-state index contributed by atoms with van der Waals surface area (Å²) < 4.78 is 0. The van der Waals surface area contributed by atoms with Gasteiger partial charge in [0, 0.05) is 0 Å². The standard InChI is InChI=1S/C3H7B2/c1-5-2-4-3-5/h2-3H2,1H3. The Kier molecular flexibility index (Phi) is 0.716. The van der Waals surface area contributed by atoms with E-state index in [1.54, 1.807) is 0 Å². The molecule has 1 rings (SSSR count). The molecule has 0 unspecified atom stereocenters. The summed E-state index contributed by atoms with van der Waals surface area (Å²) in [4.78, 5) is 0. The van der Waals surface area contributed by atoms with E-state index < -0.39 is 0 Å². The van der Waals surface area contributed by atoms with E-state index in [9.17, 15) is 0 Å². The Morgan fingerprint density at radius 1 is 1.60 bits per heavy atom. The fraction of sp³-hybridized carbons (Fsp3) is 1.00. The Balaban J connectivity index is 2.08. The molecule has 0 amide bonds. The molecule has 1 aliphatic heterocycles. The van der Waals surface area contributed by atoms with Crippen LogP contribution in [0.25, 0.3) is 0 Å². The Labute approximate surface area is 34.3 Å². The van der Waals surface area contributed by atoms with Gasteiger partial charge in [-0.2, -0.15) is 0 Å². The molecule has 1 saturated heterocycles. The minimum Gasteiger partial charge on any atom is -0.102 e. The minimum absolute atomic E-state index is 1.01. The highest BCUT2D eigenvalue weighted by molar-refractivity contribution is 6.85. The van der Waals surface area contributed by atoms with Crippen molar-refractivity contribution in [2.45, 2.75) is 19.3 Å². The highest BCUT2D eigenvalue weighted by Crippen LogP contribution is 2.08. The molecule has 0 saturated carbocycles. The van der Waals surface area contributed by atoms with Gasteiger partial charge in [0.25, 0.3) is 0 Å². The average molecular weight is 64.7 g/mol. The average Bonchev–Trinajstić information content (AvgIpc) is 1.30. The van der Waals surface area contributed by atoms with E-state index in [4.69, 9.17) is 0 Å². The molecule has 1 aliphatic rings. The van der Waals surface area contributed by atoms with Crippen LogP contribution in [0.1, 0.15) is 0 Å². The lowest BCUT2D eigenvalue weighted by Gasteiger charge is -2.13. The molecule has 0 bridgehead atoms. The van der Waals surface area contributed by atoms with Gasteiger partial charge in [0.15, 0.2) is 0 Å². The van der Waals surface area contributed by atoms with Crippen molar-refractivity contribution in [1.29, 1.82) is 0 Å². The van der Waals surface area contributed by atoms with Crippen molar-refractivity contribution in [3.05, 3.63) is 0 Å². The molecule has 0 atom stereocenters. The van der Waals surface area contributed by atoms with Crippen LogP contribution in [0.5, 0.6) is 0 Å². The summed E-state index contributed by atoms with van der Waals surface area (Å²) >= 11 is 0. The van der Waals surface area contributed by atoms with Crippen molar-refractivity contribution in [3.8, 4) is 0 Å². The molecule has 0 aromatic rings. The van der Waals surface area contributed by atoms with Crippen LogP contribution < -0.4 is 0 Å². The van der Waals surface area contributed by atoms with E-state index >= 15 is 0 Å². The molecular weight excluding hydrogens is 57.7 g/mol. The van der Waals surface area contributed by atoms with Crippen LogP contribution >= 0.6 is 0 Å². The highest BCUT2D eigenvalue weighted by Gasteiger charge is 2.14. The van der Waals surface area contributed by atoms with Gasteiger partial charge in [0.1, 0.15) is 6.71 Å². The SMILES string of the molecule is CB1C[B]C1. The fourth-order valence-corrected chi connectivity index (χ4v) is 0.500. The van der Waals surface area contributed by atoms with E-state index in [2.05, 4.69) is 14.1 Å². The predicted octanol–water partition coefficient (Wildman–Crippen LogP) is 0.744. The second-order valence-corrected chi connectivity index (χ2v) is 1.87. The lowest BCUT2D eigenvalue weighted by Crippen LogP contribution is -2.24. The number of hydrogen-bond acceptors (Lipinski definition) is 0. The Morgan fingerprint density at radius 3 is 2.00 bits per heavy atom. The first-order chi connectivity index (χ1) is 2.39. The number of hydrogen-bond donors (Lipinski definition) is 0. The maximum Gasteiger partial charge on any atom is 0.120 e. The van der Waals surface area contributed by atoms with Gasteiger partial charge in [-0.15, -0.1) is 12.4 Å². The highest BCUT2D eigenvalue weighted by atomic mass is 13.6. The van der Waals surface area contributed by atoms with Gasteiger partial charge in [0.05, 0.1) is 7.28 Å². The van der Waals surface area contributed by atoms with Crippen LogP contribution in [0.4, 0.5) is 0 Å². The van der Waals surface area contributed by atoms with E-state index in [0.717, 1.165) is 6.71 Å². The molecule has 25 valence electrons. The van der Waals surface area contributed by atoms with Crippen molar-refractivity contribution in [3.63, 3.8) is 0 Å². The molecule has 0 aromatic carbocycles. The number of rotatable bonds is 0. The Hall–Kier alpha value is 0.130. The zero-order chi connectivity index (χ0) is 3.70. The largest absolute Gasteiger partial charge is 0.120 e. The molecule has 5 heavy (non-hydrogen) atoms. The van der Waals surface area contributed by atoms with Crippen molar-refractivity contribution < 1.29 is 0 Å². The Morgan fingerprint density at radius 2 is 2.00 bits per heavy atom. The van der Waals surface area contributed by atoms with Crippen LogP contribution in [0.3, 0.4) is 0 Å². The molecule has 0 N–H and O–H groups in total. The third kappa shape index (κ3) is 0.499. The van der Waals surface area contributed by atoms with Crippen LogP contribution in [-0.2, 0) is 0 Å². The quantitative estimate of drug-likeness (QED) is 0.365. The summed E-state index contributed by atoms with van der Waals surface area (Å²) in [6.07, 6.45) is 2.72. The molecule has 1 radical (unpaired) electrons. The molecule has 0 nitrogen and oxygen atoms in total. The third-order valence-corrected chi connectivity index (χ3v) is 1.14. The van der Waals surface area contributed by atoms with Gasteiger partial charge in [-0.1, -0.05) is 6.82 Å². The van der Waals surface area contributed by atoms with Crippen LogP contribution in [-0.4, -0.2) is 14.0 Å². The maximum absolute atomic E-state index is 2.32. The molecule has 0 aliphatic carbocycles. The van der Waals surface area contributed by atoms with E-state index in [1.165, 1.54) is 12.4 Å². The summed E-state index contributed by atoms with van der Waals surface area (Å²) in [5.74, 6) is 0. The second-order valence-electron chi connectivity index (χ2n) is 1.87. The Bertz CT molecular complexity index is 31.9. The summed E-state index contributed by atoms with van der Waals surface area (Å²) in [7, 11) is 2.32. The van der Waals surface area contributed by atoms with E-state index in [-0.39, 0.29) is 0 Å². The topological polar surface area (TPSA) is 0 Å². The van der Waals surface area contributed by atoms with Crippen LogP contribution in [0.2, 0.25) is 19.3 Å². The van der Waals surface area contributed by atoms with Crippen molar-refractivity contribution in [1.82, 2.24) is 0 Å². The van der Waals surface area contributed by atoms with E-state index in [1.807, 2.05) is 0 Å². The minimum atomic E-state index is 1.01. The van der Waals surface area contributed by atoms with Gasteiger partial charge >= 0.3 is 0 Å². The van der Waals surface area contributed by atoms with Crippen molar-refractivity contribution >= 4 is 14.0 Å². The van der Waals surface area contributed by atoms with Gasteiger partial charge in [-0.05, 0) is 0 Å². The predicted molar refractivity (Wildman–Crippen MR) is 27.0 cm³/mol. The van der Waals surface area contributed by atoms with Crippen molar-refractivity contribution in [2.75, 3.05) is 0 Å². The molecule has 0 aromatic heterocycles. The summed E-state index contributed by atoms with van der Waals surface area (Å²) in [6, 6.07) is 0. The first kappa shape index (κ1) is 3.32. The molecule has 2 heteroatoms. The fourth-order valence-electron chi connectivity index (χ4n) is 0.500. The maximum atomic E-state index is 2.32. The van der Waals surface area contributed by atoms with Gasteiger partial charge < -0.3 is 0 Å². The van der Waals surface area contributed by atoms with Crippen LogP contribution in [0.15, 0.2) is 0 Å². The smallest absolute Gasteiger partial charge is 0.102 e.